The highest BCUT2D eigenvalue weighted by molar-refractivity contribution is 6.04. The number of hydrogen-bond donors (Lipinski definition) is 2. The molecule has 6 nitrogen and oxygen atoms in total. The summed E-state index contributed by atoms with van der Waals surface area (Å²) in [5.74, 6) is -0.176. The molecule has 0 fully saturated rings. The summed E-state index contributed by atoms with van der Waals surface area (Å²) in [6.07, 6.45) is 3.57. The molecule has 0 saturated heterocycles. The highest BCUT2D eigenvalue weighted by Gasteiger charge is 2.12. The molecule has 96 valence electrons. The van der Waals surface area contributed by atoms with E-state index < -0.39 is 0 Å². The van der Waals surface area contributed by atoms with Crippen molar-refractivity contribution in [2.45, 2.75) is 6.54 Å². The van der Waals surface area contributed by atoms with Gasteiger partial charge in [0, 0.05) is 24.3 Å². The summed E-state index contributed by atoms with van der Waals surface area (Å²) in [7, 11) is 0. The van der Waals surface area contributed by atoms with Crippen LogP contribution in [-0.4, -0.2) is 32.4 Å². The lowest BCUT2D eigenvalue weighted by atomic mass is 10.2. The first-order chi connectivity index (χ1) is 9.34. The molecule has 0 atom stereocenters. The third-order valence-electron chi connectivity index (χ3n) is 2.87. The number of aromatic amines is 1. The number of fused-ring (bicyclic) bond motifs is 1. The first kappa shape index (κ1) is 11.5. The van der Waals surface area contributed by atoms with Crippen LogP contribution >= 0.6 is 0 Å². The molecule has 0 aliphatic heterocycles. The van der Waals surface area contributed by atoms with Crippen LogP contribution in [0.2, 0.25) is 0 Å². The van der Waals surface area contributed by atoms with Crippen molar-refractivity contribution >= 4 is 16.8 Å². The summed E-state index contributed by atoms with van der Waals surface area (Å²) in [4.78, 5) is 12.0. The minimum atomic E-state index is -0.176. The van der Waals surface area contributed by atoms with Crippen LogP contribution in [0, 0.1) is 0 Å². The van der Waals surface area contributed by atoms with Crippen LogP contribution < -0.4 is 5.32 Å². The first-order valence-electron chi connectivity index (χ1n) is 6.03. The van der Waals surface area contributed by atoms with E-state index in [1.165, 1.54) is 0 Å². The van der Waals surface area contributed by atoms with E-state index in [4.69, 9.17) is 0 Å². The van der Waals surface area contributed by atoms with Gasteiger partial charge < -0.3 is 5.32 Å². The van der Waals surface area contributed by atoms with E-state index in [9.17, 15) is 4.79 Å². The summed E-state index contributed by atoms with van der Waals surface area (Å²) >= 11 is 0. The molecule has 3 rings (SSSR count). The quantitative estimate of drug-likeness (QED) is 0.735. The van der Waals surface area contributed by atoms with Crippen molar-refractivity contribution < 1.29 is 4.79 Å². The number of nitrogens with one attached hydrogen (secondary N) is 2. The van der Waals surface area contributed by atoms with Crippen LogP contribution in [0.5, 0.6) is 0 Å². The van der Waals surface area contributed by atoms with Gasteiger partial charge >= 0.3 is 0 Å². The summed E-state index contributed by atoms with van der Waals surface area (Å²) in [5, 5.41) is 14.6. The third kappa shape index (κ3) is 2.33. The van der Waals surface area contributed by atoms with Crippen molar-refractivity contribution in [1.82, 2.24) is 25.3 Å². The fourth-order valence-electron chi connectivity index (χ4n) is 1.94. The fraction of sp³-hybridized carbons (Fsp3) is 0.154. The maximum atomic E-state index is 12.0. The molecule has 0 saturated carbocycles. The Bertz CT molecular complexity index is 686. The molecule has 6 heteroatoms. The molecular formula is C13H13N5O. The smallest absolute Gasteiger partial charge is 0.272 e. The number of aromatic nitrogens is 4. The second-order valence-corrected chi connectivity index (χ2v) is 4.14. The normalized spacial score (nSPS) is 10.7. The summed E-state index contributed by atoms with van der Waals surface area (Å²) < 4.78 is 1.77. The zero-order chi connectivity index (χ0) is 13.1. The standard InChI is InChI=1S/C13H13N5O/c19-13(14-7-9-18-8-3-6-15-18)12-10-4-1-2-5-11(10)16-17-12/h1-6,8H,7,9H2,(H,14,19)(H,16,17). The molecule has 0 aliphatic carbocycles. The van der Waals surface area contributed by atoms with Gasteiger partial charge in [0.15, 0.2) is 5.69 Å². The molecule has 0 aliphatic rings. The van der Waals surface area contributed by atoms with Gasteiger partial charge in [0.2, 0.25) is 0 Å². The van der Waals surface area contributed by atoms with E-state index in [0.29, 0.717) is 18.8 Å². The number of carbonyl (C=O) groups excluding carboxylic acids is 1. The van der Waals surface area contributed by atoms with Crippen molar-refractivity contribution in [2.75, 3.05) is 6.54 Å². The van der Waals surface area contributed by atoms with Crippen molar-refractivity contribution in [3.8, 4) is 0 Å². The number of nitrogens with zero attached hydrogens (tertiary/aromatic N) is 3. The Morgan fingerprint density at radius 3 is 3.05 bits per heavy atom. The second-order valence-electron chi connectivity index (χ2n) is 4.14. The van der Waals surface area contributed by atoms with Gasteiger partial charge in [-0.15, -0.1) is 0 Å². The highest BCUT2D eigenvalue weighted by atomic mass is 16.1. The van der Waals surface area contributed by atoms with E-state index in [2.05, 4.69) is 20.6 Å². The zero-order valence-corrected chi connectivity index (χ0v) is 10.2. The summed E-state index contributed by atoms with van der Waals surface area (Å²) in [6, 6.07) is 9.41. The lowest BCUT2D eigenvalue weighted by Crippen LogP contribution is -2.27. The topological polar surface area (TPSA) is 75.6 Å². The molecule has 0 unspecified atom stereocenters. The number of amides is 1. The number of hydrogen-bond acceptors (Lipinski definition) is 3. The van der Waals surface area contributed by atoms with Gasteiger partial charge in [-0.2, -0.15) is 10.2 Å². The van der Waals surface area contributed by atoms with Gasteiger partial charge in [0.1, 0.15) is 0 Å². The number of H-pyrrole nitrogens is 1. The van der Waals surface area contributed by atoms with Crippen LogP contribution in [0.3, 0.4) is 0 Å². The molecule has 0 bridgehead atoms. The zero-order valence-electron chi connectivity index (χ0n) is 10.2. The van der Waals surface area contributed by atoms with Gasteiger partial charge in [0.25, 0.3) is 5.91 Å². The van der Waals surface area contributed by atoms with Crippen LogP contribution in [0.1, 0.15) is 10.5 Å². The Morgan fingerprint density at radius 2 is 2.21 bits per heavy atom. The number of rotatable bonds is 4. The Hall–Kier alpha value is -2.63. The first-order valence-corrected chi connectivity index (χ1v) is 6.03. The monoisotopic (exact) mass is 255 g/mol. The fourth-order valence-corrected chi connectivity index (χ4v) is 1.94. The van der Waals surface area contributed by atoms with Gasteiger partial charge in [-0.05, 0) is 12.1 Å². The molecular weight excluding hydrogens is 242 g/mol. The van der Waals surface area contributed by atoms with E-state index in [1.807, 2.05) is 36.5 Å². The van der Waals surface area contributed by atoms with Gasteiger partial charge in [-0.1, -0.05) is 18.2 Å². The van der Waals surface area contributed by atoms with Crippen LogP contribution in [0.15, 0.2) is 42.7 Å². The van der Waals surface area contributed by atoms with Crippen molar-refractivity contribution in [3.05, 3.63) is 48.4 Å². The molecule has 0 radical (unpaired) electrons. The predicted octanol–water partition coefficient (Wildman–Crippen LogP) is 1.19. The number of benzene rings is 1. The Morgan fingerprint density at radius 1 is 1.32 bits per heavy atom. The lowest BCUT2D eigenvalue weighted by molar-refractivity contribution is 0.0948. The van der Waals surface area contributed by atoms with Crippen molar-refractivity contribution in [2.24, 2.45) is 0 Å². The van der Waals surface area contributed by atoms with Gasteiger partial charge in [0.05, 0.1) is 12.1 Å². The molecule has 0 spiro atoms. The SMILES string of the molecule is O=C(NCCn1cccn1)c1n[nH]c2ccccc12. The molecule has 1 aromatic carbocycles. The second kappa shape index (κ2) is 4.93. The minimum Gasteiger partial charge on any atom is -0.349 e. The molecule has 2 N–H and O–H groups in total. The van der Waals surface area contributed by atoms with E-state index >= 15 is 0 Å². The minimum absolute atomic E-state index is 0.176. The van der Waals surface area contributed by atoms with Crippen molar-refractivity contribution in [3.63, 3.8) is 0 Å². The van der Waals surface area contributed by atoms with E-state index in [1.54, 1.807) is 10.9 Å². The maximum absolute atomic E-state index is 12.0. The van der Waals surface area contributed by atoms with E-state index in [0.717, 1.165) is 10.9 Å². The number of para-hydroxylation sites is 1. The average molecular weight is 255 g/mol. The Kier molecular flexibility index (Phi) is 2.97. The van der Waals surface area contributed by atoms with Gasteiger partial charge in [-0.3, -0.25) is 14.6 Å². The van der Waals surface area contributed by atoms with Gasteiger partial charge in [-0.25, -0.2) is 0 Å². The van der Waals surface area contributed by atoms with Crippen LogP contribution in [-0.2, 0) is 6.54 Å². The highest BCUT2D eigenvalue weighted by Crippen LogP contribution is 2.14. The largest absolute Gasteiger partial charge is 0.349 e. The molecule has 19 heavy (non-hydrogen) atoms. The third-order valence-corrected chi connectivity index (χ3v) is 2.87. The Labute approximate surface area is 109 Å². The van der Waals surface area contributed by atoms with Crippen molar-refractivity contribution in [1.29, 1.82) is 0 Å². The maximum Gasteiger partial charge on any atom is 0.272 e. The average Bonchev–Trinajstić information content (AvgIpc) is 3.07. The van der Waals surface area contributed by atoms with Crippen LogP contribution in [0.25, 0.3) is 10.9 Å². The molecule has 2 aromatic heterocycles. The molecule has 3 aromatic rings. The number of carbonyl (C=O) groups is 1. The molecule has 1 amide bonds. The summed E-state index contributed by atoms with van der Waals surface area (Å²) in [6.45, 7) is 1.16. The predicted molar refractivity (Wildman–Crippen MR) is 70.7 cm³/mol. The Balaban J connectivity index is 1.67. The van der Waals surface area contributed by atoms with E-state index in [-0.39, 0.29) is 5.91 Å². The lowest BCUT2D eigenvalue weighted by Gasteiger charge is -2.03. The summed E-state index contributed by atoms with van der Waals surface area (Å²) in [5.41, 5.74) is 1.29. The molecule has 2 heterocycles. The van der Waals surface area contributed by atoms with Crippen LogP contribution in [0.4, 0.5) is 0 Å².